The maximum absolute atomic E-state index is 12.0. The normalized spacial score (nSPS) is 10.8. The Morgan fingerprint density at radius 1 is 1.12 bits per heavy atom. The second-order valence-corrected chi connectivity index (χ2v) is 5.39. The number of nitrogens with zero attached hydrogens (tertiary/aromatic N) is 1. The first-order valence-corrected chi connectivity index (χ1v) is 8.13. The third-order valence-electron chi connectivity index (χ3n) is 3.71. The van der Waals surface area contributed by atoms with Gasteiger partial charge < -0.3 is 23.5 Å². The molecule has 0 aliphatic rings. The van der Waals surface area contributed by atoms with Crippen LogP contribution in [0.5, 0.6) is 11.5 Å². The molecule has 0 amide bonds. The monoisotopic (exact) mass is 335 g/mol. The molecule has 6 heteroatoms. The predicted molar refractivity (Wildman–Crippen MR) is 91.7 cm³/mol. The number of carbonyl (C=O) groups is 1. The fourth-order valence-electron chi connectivity index (χ4n) is 2.41. The molecule has 2 rings (SSSR count). The zero-order chi connectivity index (χ0) is 17.4. The number of carbonyl (C=O) groups excluding carboxylic acids is 1. The Morgan fingerprint density at radius 2 is 1.96 bits per heavy atom. The van der Waals surface area contributed by atoms with E-state index in [4.69, 9.17) is 18.9 Å². The molecular weight excluding hydrogens is 310 g/mol. The Morgan fingerprint density at radius 3 is 2.67 bits per heavy atom. The fraction of sp³-hybridized carbons (Fsp3) is 0.500. The molecule has 0 aliphatic carbocycles. The molecule has 6 nitrogen and oxygen atoms in total. The zero-order valence-corrected chi connectivity index (χ0v) is 14.5. The summed E-state index contributed by atoms with van der Waals surface area (Å²) in [5, 5.41) is 0.925. The lowest BCUT2D eigenvalue weighted by Crippen LogP contribution is -2.16. The smallest absolute Gasteiger partial charge is 0.326 e. The molecule has 24 heavy (non-hydrogen) atoms. The molecule has 2 aromatic rings. The number of benzene rings is 1. The summed E-state index contributed by atoms with van der Waals surface area (Å²) in [6.45, 7) is 3.65. The lowest BCUT2D eigenvalue weighted by Gasteiger charge is -2.10. The quantitative estimate of drug-likeness (QED) is 0.493. The van der Waals surface area contributed by atoms with Gasteiger partial charge in [0.15, 0.2) is 0 Å². The van der Waals surface area contributed by atoms with E-state index >= 15 is 0 Å². The molecule has 0 fully saturated rings. The van der Waals surface area contributed by atoms with Crippen molar-refractivity contribution in [3.63, 3.8) is 0 Å². The molecule has 1 heterocycles. The van der Waals surface area contributed by atoms with E-state index in [-0.39, 0.29) is 19.1 Å². The molecular formula is C18H25NO5. The van der Waals surface area contributed by atoms with Crippen molar-refractivity contribution >= 4 is 16.9 Å². The minimum absolute atomic E-state index is 0.134. The lowest BCUT2D eigenvalue weighted by molar-refractivity contribution is -0.145. The number of hydrogen-bond acceptors (Lipinski definition) is 5. The van der Waals surface area contributed by atoms with Gasteiger partial charge in [0.05, 0.1) is 26.3 Å². The SMILES string of the molecule is CCCCOCCOC(=O)Cn1ccc2c(OC)cc(OC)cc21. The molecule has 1 aromatic heterocycles. The summed E-state index contributed by atoms with van der Waals surface area (Å²) < 4.78 is 23.1. The van der Waals surface area contributed by atoms with Gasteiger partial charge in [-0.2, -0.15) is 0 Å². The number of ether oxygens (including phenoxy) is 4. The minimum atomic E-state index is -0.298. The molecule has 0 atom stereocenters. The van der Waals surface area contributed by atoms with Crippen LogP contribution in [-0.2, 0) is 20.8 Å². The summed E-state index contributed by atoms with van der Waals surface area (Å²) in [5.74, 6) is 1.09. The second-order valence-electron chi connectivity index (χ2n) is 5.39. The van der Waals surface area contributed by atoms with Gasteiger partial charge in [-0.05, 0) is 12.5 Å². The third kappa shape index (κ3) is 4.64. The summed E-state index contributed by atoms with van der Waals surface area (Å²) in [7, 11) is 3.21. The molecule has 1 aromatic carbocycles. The predicted octanol–water partition coefficient (Wildman–Crippen LogP) is 3.02. The van der Waals surface area contributed by atoms with Crippen molar-refractivity contribution in [2.75, 3.05) is 34.0 Å². The molecule has 0 radical (unpaired) electrons. The van der Waals surface area contributed by atoms with E-state index in [1.165, 1.54) is 0 Å². The van der Waals surface area contributed by atoms with E-state index in [2.05, 4.69) is 6.92 Å². The van der Waals surface area contributed by atoms with E-state index in [9.17, 15) is 4.79 Å². The van der Waals surface area contributed by atoms with Crippen molar-refractivity contribution in [1.82, 2.24) is 4.57 Å². The van der Waals surface area contributed by atoms with E-state index in [1.807, 2.05) is 29.0 Å². The summed E-state index contributed by atoms with van der Waals surface area (Å²) in [6.07, 6.45) is 3.95. The molecule has 0 saturated heterocycles. The standard InChI is InChI=1S/C18H25NO5/c1-4-5-8-23-9-10-24-18(20)13-19-7-6-15-16(19)11-14(21-2)12-17(15)22-3/h6-7,11-12H,4-5,8-10,13H2,1-3H3. The van der Waals surface area contributed by atoms with Crippen LogP contribution in [0.15, 0.2) is 24.4 Å². The second kappa shape index (κ2) is 9.17. The minimum Gasteiger partial charge on any atom is -0.497 e. The van der Waals surface area contributed by atoms with Gasteiger partial charge in [0.1, 0.15) is 24.7 Å². The van der Waals surface area contributed by atoms with Crippen LogP contribution in [0.2, 0.25) is 0 Å². The first-order valence-electron chi connectivity index (χ1n) is 8.13. The highest BCUT2D eigenvalue weighted by molar-refractivity contribution is 5.89. The Labute approximate surface area is 142 Å². The average molecular weight is 335 g/mol. The number of esters is 1. The highest BCUT2D eigenvalue weighted by Gasteiger charge is 2.12. The largest absolute Gasteiger partial charge is 0.497 e. The Kier molecular flexibility index (Phi) is 6.93. The van der Waals surface area contributed by atoms with Crippen LogP contribution in [-0.4, -0.2) is 44.6 Å². The first-order chi connectivity index (χ1) is 11.7. The maximum Gasteiger partial charge on any atom is 0.326 e. The van der Waals surface area contributed by atoms with Crippen LogP contribution < -0.4 is 9.47 Å². The van der Waals surface area contributed by atoms with Crippen molar-refractivity contribution in [3.8, 4) is 11.5 Å². The zero-order valence-electron chi connectivity index (χ0n) is 14.5. The van der Waals surface area contributed by atoms with Crippen LogP contribution in [0.25, 0.3) is 10.9 Å². The van der Waals surface area contributed by atoms with E-state index < -0.39 is 0 Å². The Balaban J connectivity index is 1.96. The van der Waals surface area contributed by atoms with Gasteiger partial charge in [-0.3, -0.25) is 4.79 Å². The van der Waals surface area contributed by atoms with Crippen LogP contribution >= 0.6 is 0 Å². The van der Waals surface area contributed by atoms with E-state index in [1.54, 1.807) is 14.2 Å². The van der Waals surface area contributed by atoms with Crippen molar-refractivity contribution in [2.24, 2.45) is 0 Å². The highest BCUT2D eigenvalue weighted by atomic mass is 16.6. The van der Waals surface area contributed by atoms with E-state index in [0.717, 1.165) is 23.7 Å². The maximum atomic E-state index is 12.0. The van der Waals surface area contributed by atoms with Crippen molar-refractivity contribution in [1.29, 1.82) is 0 Å². The summed E-state index contributed by atoms with van der Waals surface area (Å²) in [6, 6.07) is 5.60. The van der Waals surface area contributed by atoms with Gasteiger partial charge in [-0.1, -0.05) is 13.3 Å². The molecule has 0 saturated carbocycles. The number of unbranched alkanes of at least 4 members (excludes halogenated alkanes) is 1. The van der Waals surface area contributed by atoms with Gasteiger partial charge in [0.2, 0.25) is 0 Å². The van der Waals surface area contributed by atoms with Gasteiger partial charge >= 0.3 is 5.97 Å². The summed E-state index contributed by atoms with van der Waals surface area (Å²) in [5.41, 5.74) is 0.863. The molecule has 0 N–H and O–H groups in total. The number of aromatic nitrogens is 1. The van der Waals surface area contributed by atoms with Gasteiger partial charge in [-0.25, -0.2) is 0 Å². The van der Waals surface area contributed by atoms with Crippen LogP contribution in [0.4, 0.5) is 0 Å². The van der Waals surface area contributed by atoms with Gasteiger partial charge in [0, 0.05) is 30.3 Å². The fourth-order valence-corrected chi connectivity index (χ4v) is 2.41. The Bertz CT molecular complexity index is 665. The number of hydrogen-bond donors (Lipinski definition) is 0. The topological polar surface area (TPSA) is 58.9 Å². The number of methoxy groups -OCH3 is 2. The first kappa shape index (κ1) is 18.1. The van der Waals surface area contributed by atoms with Gasteiger partial charge in [0.25, 0.3) is 0 Å². The van der Waals surface area contributed by atoms with Crippen molar-refractivity contribution < 1.29 is 23.7 Å². The van der Waals surface area contributed by atoms with E-state index in [0.29, 0.717) is 24.7 Å². The van der Waals surface area contributed by atoms with Gasteiger partial charge in [-0.15, -0.1) is 0 Å². The molecule has 0 aliphatic heterocycles. The van der Waals surface area contributed by atoms with Crippen molar-refractivity contribution in [2.45, 2.75) is 26.3 Å². The average Bonchev–Trinajstić information content (AvgIpc) is 2.99. The third-order valence-corrected chi connectivity index (χ3v) is 3.71. The summed E-state index contributed by atoms with van der Waals surface area (Å²) >= 11 is 0. The molecule has 0 bridgehead atoms. The summed E-state index contributed by atoms with van der Waals surface area (Å²) in [4.78, 5) is 12.0. The Hall–Kier alpha value is -2.21. The van der Waals surface area contributed by atoms with Crippen molar-refractivity contribution in [3.05, 3.63) is 24.4 Å². The van der Waals surface area contributed by atoms with Crippen LogP contribution in [0, 0.1) is 0 Å². The van der Waals surface area contributed by atoms with Crippen LogP contribution in [0.1, 0.15) is 19.8 Å². The highest BCUT2D eigenvalue weighted by Crippen LogP contribution is 2.31. The number of fused-ring (bicyclic) bond motifs is 1. The van der Waals surface area contributed by atoms with Crippen LogP contribution in [0.3, 0.4) is 0 Å². The molecule has 0 spiro atoms. The lowest BCUT2D eigenvalue weighted by atomic mass is 10.2. The number of rotatable bonds is 10. The molecule has 0 unspecified atom stereocenters. The molecule has 132 valence electrons.